The predicted octanol–water partition coefficient (Wildman–Crippen LogP) is 1.71. The predicted molar refractivity (Wildman–Crippen MR) is 62.6 cm³/mol. The summed E-state index contributed by atoms with van der Waals surface area (Å²) in [6.45, 7) is 8.29. The highest BCUT2D eigenvalue weighted by molar-refractivity contribution is 7.99. The van der Waals surface area contributed by atoms with Crippen LogP contribution in [0.3, 0.4) is 0 Å². The quantitative estimate of drug-likeness (QED) is 0.602. The van der Waals surface area contributed by atoms with Crippen LogP contribution >= 0.6 is 11.8 Å². The first-order valence-electron chi connectivity index (χ1n) is 5.25. The summed E-state index contributed by atoms with van der Waals surface area (Å²) in [4.78, 5) is 0. The molecule has 0 rings (SSSR count). The van der Waals surface area contributed by atoms with Gasteiger partial charge in [0.05, 0.1) is 0 Å². The van der Waals surface area contributed by atoms with Crippen molar-refractivity contribution in [3.05, 3.63) is 0 Å². The lowest BCUT2D eigenvalue weighted by molar-refractivity contribution is -0.120. The van der Waals surface area contributed by atoms with Crippen molar-refractivity contribution >= 4 is 11.8 Å². The molecule has 0 aliphatic heterocycles. The van der Waals surface area contributed by atoms with Gasteiger partial charge in [0.25, 0.3) is 0 Å². The van der Waals surface area contributed by atoms with Gasteiger partial charge in [-0.05, 0) is 32.1 Å². The van der Waals surface area contributed by atoms with Crippen LogP contribution in [0.25, 0.3) is 0 Å². The third-order valence-corrected chi connectivity index (χ3v) is 3.08. The number of rotatable bonds is 9. The molecular weight excluding hydrogens is 198 g/mol. The Morgan fingerprint density at radius 3 is 2.14 bits per heavy atom. The largest absolute Gasteiger partial charge is 0.352 e. The summed E-state index contributed by atoms with van der Waals surface area (Å²) in [7, 11) is 0. The van der Waals surface area contributed by atoms with Crippen molar-refractivity contribution in [3.63, 3.8) is 0 Å². The highest BCUT2D eigenvalue weighted by Crippen LogP contribution is 2.11. The molecule has 2 N–H and O–H groups in total. The van der Waals surface area contributed by atoms with Crippen LogP contribution in [0, 0.1) is 5.92 Å². The lowest BCUT2D eigenvalue weighted by Crippen LogP contribution is -2.21. The van der Waals surface area contributed by atoms with Crippen molar-refractivity contribution in [1.82, 2.24) is 0 Å². The Bertz CT molecular complexity index is 119. The monoisotopic (exact) mass is 221 g/mol. The third-order valence-electron chi connectivity index (χ3n) is 1.76. The van der Waals surface area contributed by atoms with Crippen molar-refractivity contribution in [1.29, 1.82) is 0 Å². The molecule has 0 aromatic heterocycles. The lowest BCUT2D eigenvalue weighted by atomic mass is 10.2. The minimum Gasteiger partial charge on any atom is -0.352 e. The van der Waals surface area contributed by atoms with E-state index < -0.39 is 0 Å². The maximum atomic E-state index is 5.53. The molecule has 0 radical (unpaired) electrons. The van der Waals surface area contributed by atoms with Crippen LogP contribution in [0.5, 0.6) is 0 Å². The summed E-state index contributed by atoms with van der Waals surface area (Å²) >= 11 is 1.84. The molecule has 3 nitrogen and oxygen atoms in total. The maximum Gasteiger partial charge on any atom is 0.166 e. The van der Waals surface area contributed by atoms with Gasteiger partial charge in [-0.25, -0.2) is 0 Å². The molecule has 0 heterocycles. The third kappa shape index (κ3) is 7.62. The smallest absolute Gasteiger partial charge is 0.166 e. The summed E-state index contributed by atoms with van der Waals surface area (Å²) in [5.74, 6) is 2.54. The lowest BCUT2D eigenvalue weighted by Gasteiger charge is -2.17. The first kappa shape index (κ1) is 14.2. The standard InChI is InChI=1S/C10H23NO2S/c1-4-12-10(13-5-2)8-14-7-9(3)6-11/h9-10H,4-8,11H2,1-3H3. The molecule has 0 aliphatic rings. The van der Waals surface area contributed by atoms with Crippen molar-refractivity contribution < 1.29 is 9.47 Å². The molecule has 0 saturated carbocycles. The molecule has 4 heteroatoms. The second-order valence-corrected chi connectivity index (χ2v) is 4.29. The Morgan fingerprint density at radius 1 is 1.14 bits per heavy atom. The van der Waals surface area contributed by atoms with Crippen LogP contribution in [-0.4, -0.2) is 37.6 Å². The average molecular weight is 221 g/mol. The summed E-state index contributed by atoms with van der Waals surface area (Å²) < 4.78 is 10.8. The van der Waals surface area contributed by atoms with E-state index in [1.54, 1.807) is 0 Å². The second-order valence-electron chi connectivity index (χ2n) is 3.22. The van der Waals surface area contributed by atoms with Gasteiger partial charge < -0.3 is 15.2 Å². The second kappa shape index (κ2) is 9.77. The van der Waals surface area contributed by atoms with E-state index in [0.29, 0.717) is 19.1 Å². The first-order valence-corrected chi connectivity index (χ1v) is 6.41. The van der Waals surface area contributed by atoms with Crippen LogP contribution in [0.15, 0.2) is 0 Å². The van der Waals surface area contributed by atoms with Gasteiger partial charge in [0.15, 0.2) is 6.29 Å². The Labute approximate surface area is 91.7 Å². The van der Waals surface area contributed by atoms with E-state index in [1.165, 1.54) is 0 Å². The summed E-state index contributed by atoms with van der Waals surface area (Å²) in [6.07, 6.45) is -0.0556. The minimum absolute atomic E-state index is 0.0556. The van der Waals surface area contributed by atoms with Crippen LogP contribution in [0.2, 0.25) is 0 Å². The van der Waals surface area contributed by atoms with E-state index in [9.17, 15) is 0 Å². The van der Waals surface area contributed by atoms with Crippen molar-refractivity contribution in [3.8, 4) is 0 Å². The van der Waals surface area contributed by atoms with Gasteiger partial charge >= 0.3 is 0 Å². The van der Waals surface area contributed by atoms with Crippen molar-refractivity contribution in [2.24, 2.45) is 11.7 Å². The highest BCUT2D eigenvalue weighted by atomic mass is 32.2. The van der Waals surface area contributed by atoms with Gasteiger partial charge in [0.2, 0.25) is 0 Å². The zero-order valence-electron chi connectivity index (χ0n) is 9.49. The van der Waals surface area contributed by atoms with Gasteiger partial charge in [-0.3, -0.25) is 0 Å². The normalized spacial score (nSPS) is 13.5. The molecule has 1 unspecified atom stereocenters. The Kier molecular flexibility index (Phi) is 9.93. The molecule has 0 aliphatic carbocycles. The topological polar surface area (TPSA) is 44.5 Å². The summed E-state index contributed by atoms with van der Waals surface area (Å²) in [6, 6.07) is 0. The van der Waals surface area contributed by atoms with Crippen LogP contribution in [-0.2, 0) is 9.47 Å². The number of ether oxygens (including phenoxy) is 2. The van der Waals surface area contributed by atoms with E-state index in [2.05, 4.69) is 6.92 Å². The van der Waals surface area contributed by atoms with Crippen LogP contribution in [0.1, 0.15) is 20.8 Å². The number of thioether (sulfide) groups is 1. The molecule has 0 fully saturated rings. The molecular formula is C10H23NO2S. The van der Waals surface area contributed by atoms with E-state index in [1.807, 2.05) is 25.6 Å². The van der Waals surface area contributed by atoms with Crippen molar-refractivity contribution in [2.75, 3.05) is 31.3 Å². The van der Waals surface area contributed by atoms with Crippen LogP contribution < -0.4 is 5.73 Å². The first-order chi connectivity index (χ1) is 6.74. The van der Waals surface area contributed by atoms with E-state index >= 15 is 0 Å². The number of hydrogen-bond donors (Lipinski definition) is 1. The maximum absolute atomic E-state index is 5.53. The van der Waals surface area contributed by atoms with Gasteiger partial charge in [-0.1, -0.05) is 6.92 Å². The summed E-state index contributed by atoms with van der Waals surface area (Å²) in [5, 5.41) is 0. The SMILES string of the molecule is CCOC(CSCC(C)CN)OCC. The summed E-state index contributed by atoms with van der Waals surface area (Å²) in [5.41, 5.74) is 5.53. The molecule has 0 saturated heterocycles. The fourth-order valence-electron chi connectivity index (χ4n) is 0.950. The number of hydrogen-bond acceptors (Lipinski definition) is 4. The minimum atomic E-state index is -0.0556. The van der Waals surface area contributed by atoms with Gasteiger partial charge in [0.1, 0.15) is 0 Å². The fourth-order valence-corrected chi connectivity index (χ4v) is 2.01. The van der Waals surface area contributed by atoms with Gasteiger partial charge in [-0.2, -0.15) is 11.8 Å². The molecule has 86 valence electrons. The molecule has 0 aromatic carbocycles. The van der Waals surface area contributed by atoms with E-state index in [4.69, 9.17) is 15.2 Å². The Balaban J connectivity index is 3.49. The van der Waals surface area contributed by atoms with E-state index in [0.717, 1.165) is 18.1 Å². The van der Waals surface area contributed by atoms with Crippen LogP contribution in [0.4, 0.5) is 0 Å². The molecule has 0 bridgehead atoms. The zero-order valence-corrected chi connectivity index (χ0v) is 10.3. The Morgan fingerprint density at radius 2 is 1.71 bits per heavy atom. The van der Waals surface area contributed by atoms with Crippen molar-refractivity contribution in [2.45, 2.75) is 27.1 Å². The van der Waals surface area contributed by atoms with Gasteiger partial charge in [0, 0.05) is 19.0 Å². The average Bonchev–Trinajstić information content (AvgIpc) is 2.18. The molecule has 1 atom stereocenters. The molecule has 14 heavy (non-hydrogen) atoms. The van der Waals surface area contributed by atoms with E-state index in [-0.39, 0.29) is 6.29 Å². The fraction of sp³-hybridized carbons (Fsp3) is 1.00. The molecule has 0 aromatic rings. The Hall–Kier alpha value is 0.230. The zero-order chi connectivity index (χ0) is 10.8. The van der Waals surface area contributed by atoms with Gasteiger partial charge in [-0.15, -0.1) is 0 Å². The number of nitrogens with two attached hydrogens (primary N) is 1. The highest BCUT2D eigenvalue weighted by Gasteiger charge is 2.08. The molecule has 0 spiro atoms. The molecule has 0 amide bonds.